The van der Waals surface area contributed by atoms with Crippen molar-refractivity contribution < 1.29 is 5.11 Å². The Balaban J connectivity index is 2.70. The van der Waals surface area contributed by atoms with Crippen LogP contribution in [0.2, 0.25) is 0 Å². The largest absolute Gasteiger partial charge is 0.394 e. The van der Waals surface area contributed by atoms with Gasteiger partial charge in [-0.25, -0.2) is 0 Å². The molecule has 0 aliphatic carbocycles. The Kier molecular flexibility index (Phi) is 4.29. The van der Waals surface area contributed by atoms with E-state index in [9.17, 15) is 5.11 Å². The van der Waals surface area contributed by atoms with E-state index < -0.39 is 0 Å². The van der Waals surface area contributed by atoms with Crippen LogP contribution in [0.3, 0.4) is 0 Å². The first-order chi connectivity index (χ1) is 7.04. The number of hydrogen-bond acceptors (Lipinski definition) is 3. The van der Waals surface area contributed by atoms with Crippen molar-refractivity contribution in [2.75, 3.05) is 6.61 Å². The second-order valence-corrected chi connectivity index (χ2v) is 4.54. The summed E-state index contributed by atoms with van der Waals surface area (Å²) in [5.74, 6) is 0.533. The Hall–Kier alpha value is -0.870. The average molecular weight is 211 g/mol. The molecule has 2 unspecified atom stereocenters. The number of aromatic nitrogens is 2. The normalized spacial score (nSPS) is 15.6. The van der Waals surface area contributed by atoms with E-state index in [1.807, 2.05) is 13.1 Å². The second-order valence-electron chi connectivity index (χ2n) is 4.54. The van der Waals surface area contributed by atoms with Crippen LogP contribution in [0.5, 0.6) is 0 Å². The molecule has 4 heteroatoms. The van der Waals surface area contributed by atoms with Gasteiger partial charge in [-0.05, 0) is 24.8 Å². The molecule has 0 radical (unpaired) electrons. The quantitative estimate of drug-likeness (QED) is 0.766. The first-order valence-corrected chi connectivity index (χ1v) is 5.41. The van der Waals surface area contributed by atoms with Crippen molar-refractivity contribution in [1.29, 1.82) is 0 Å². The van der Waals surface area contributed by atoms with Crippen LogP contribution in [-0.2, 0) is 0 Å². The Labute approximate surface area is 91.1 Å². The zero-order valence-corrected chi connectivity index (χ0v) is 9.72. The molecular formula is C11H21N3O. The molecule has 0 bridgehead atoms. The molecule has 1 heterocycles. The third-order valence-corrected chi connectivity index (χ3v) is 2.50. The molecule has 15 heavy (non-hydrogen) atoms. The van der Waals surface area contributed by atoms with Crippen LogP contribution in [0.15, 0.2) is 12.4 Å². The van der Waals surface area contributed by atoms with Crippen molar-refractivity contribution >= 4 is 0 Å². The maximum atomic E-state index is 9.33. The molecule has 1 rings (SSSR count). The van der Waals surface area contributed by atoms with Crippen LogP contribution >= 0.6 is 0 Å². The van der Waals surface area contributed by atoms with Crippen molar-refractivity contribution in [1.82, 2.24) is 9.78 Å². The lowest BCUT2D eigenvalue weighted by Crippen LogP contribution is -2.36. The predicted molar refractivity (Wildman–Crippen MR) is 60.5 cm³/mol. The molecule has 0 aromatic carbocycles. The Morgan fingerprint density at radius 2 is 2.20 bits per heavy atom. The molecule has 86 valence electrons. The molecule has 4 nitrogen and oxygen atoms in total. The molecule has 0 spiro atoms. The lowest BCUT2D eigenvalue weighted by Gasteiger charge is -2.23. The fraction of sp³-hybridized carbons (Fsp3) is 0.727. The Morgan fingerprint density at radius 1 is 1.53 bits per heavy atom. The first-order valence-electron chi connectivity index (χ1n) is 5.41. The fourth-order valence-electron chi connectivity index (χ4n) is 1.73. The third kappa shape index (κ3) is 3.32. The van der Waals surface area contributed by atoms with Crippen LogP contribution in [-0.4, -0.2) is 27.5 Å². The molecule has 0 saturated heterocycles. The minimum atomic E-state index is -0.110. The highest BCUT2D eigenvalue weighted by Gasteiger charge is 2.20. The lowest BCUT2D eigenvalue weighted by molar-refractivity contribution is 0.187. The standard InChI is InChI=1S/C11H21N3O/c1-8(2)4-10(12)11(7-15)14-6-9(3)5-13-14/h5-6,8,10-11,15H,4,7,12H2,1-3H3. The van der Waals surface area contributed by atoms with E-state index in [2.05, 4.69) is 18.9 Å². The molecule has 0 amide bonds. The van der Waals surface area contributed by atoms with Gasteiger partial charge in [0, 0.05) is 12.2 Å². The van der Waals surface area contributed by atoms with Gasteiger partial charge in [-0.15, -0.1) is 0 Å². The van der Waals surface area contributed by atoms with Gasteiger partial charge < -0.3 is 10.8 Å². The molecule has 1 aromatic heterocycles. The van der Waals surface area contributed by atoms with E-state index in [0.717, 1.165) is 12.0 Å². The molecule has 3 N–H and O–H groups in total. The molecule has 2 atom stereocenters. The van der Waals surface area contributed by atoms with Crippen molar-refractivity contribution in [2.45, 2.75) is 39.3 Å². The number of aliphatic hydroxyl groups excluding tert-OH is 1. The smallest absolute Gasteiger partial charge is 0.0900 e. The van der Waals surface area contributed by atoms with Gasteiger partial charge in [0.05, 0.1) is 18.8 Å². The van der Waals surface area contributed by atoms with E-state index in [-0.39, 0.29) is 18.7 Å². The van der Waals surface area contributed by atoms with Crippen LogP contribution in [0.25, 0.3) is 0 Å². The van der Waals surface area contributed by atoms with E-state index in [4.69, 9.17) is 5.73 Å². The molecule has 1 aromatic rings. The summed E-state index contributed by atoms with van der Waals surface area (Å²) in [6, 6.07) is -0.157. The van der Waals surface area contributed by atoms with Gasteiger partial charge >= 0.3 is 0 Å². The summed E-state index contributed by atoms with van der Waals surface area (Å²) >= 11 is 0. The summed E-state index contributed by atoms with van der Waals surface area (Å²) < 4.78 is 1.77. The predicted octanol–water partition coefficient (Wildman–Crippen LogP) is 1.10. The lowest BCUT2D eigenvalue weighted by atomic mass is 9.99. The minimum Gasteiger partial charge on any atom is -0.394 e. The van der Waals surface area contributed by atoms with Crippen molar-refractivity contribution in [2.24, 2.45) is 11.7 Å². The van der Waals surface area contributed by atoms with Gasteiger partial charge in [-0.2, -0.15) is 5.10 Å². The number of hydrogen-bond donors (Lipinski definition) is 2. The SMILES string of the molecule is Cc1cnn(C(CO)C(N)CC(C)C)c1. The van der Waals surface area contributed by atoms with Gasteiger partial charge in [0.1, 0.15) is 0 Å². The maximum Gasteiger partial charge on any atom is 0.0900 e. The number of nitrogens with zero attached hydrogens (tertiary/aromatic N) is 2. The van der Waals surface area contributed by atoms with E-state index in [1.54, 1.807) is 10.9 Å². The van der Waals surface area contributed by atoms with E-state index in [0.29, 0.717) is 5.92 Å². The van der Waals surface area contributed by atoms with Gasteiger partial charge in [-0.1, -0.05) is 13.8 Å². The number of nitrogens with two attached hydrogens (primary N) is 1. The summed E-state index contributed by atoms with van der Waals surface area (Å²) in [6.45, 7) is 6.27. The highest BCUT2D eigenvalue weighted by atomic mass is 16.3. The average Bonchev–Trinajstić information content (AvgIpc) is 2.51. The molecule has 0 aliphatic heterocycles. The molecular weight excluding hydrogens is 190 g/mol. The van der Waals surface area contributed by atoms with Crippen molar-refractivity contribution in [3.8, 4) is 0 Å². The Bertz CT molecular complexity index is 296. The summed E-state index contributed by atoms with van der Waals surface area (Å²) in [5.41, 5.74) is 7.14. The minimum absolute atomic E-state index is 0.0367. The highest BCUT2D eigenvalue weighted by molar-refractivity contribution is 5.01. The summed E-state index contributed by atoms with van der Waals surface area (Å²) in [7, 11) is 0. The van der Waals surface area contributed by atoms with Gasteiger partial charge in [0.15, 0.2) is 0 Å². The van der Waals surface area contributed by atoms with Crippen LogP contribution in [0.1, 0.15) is 31.9 Å². The molecule has 0 aliphatic rings. The maximum absolute atomic E-state index is 9.33. The van der Waals surface area contributed by atoms with Crippen molar-refractivity contribution in [3.63, 3.8) is 0 Å². The van der Waals surface area contributed by atoms with E-state index in [1.165, 1.54) is 0 Å². The van der Waals surface area contributed by atoms with Crippen molar-refractivity contribution in [3.05, 3.63) is 18.0 Å². The number of aliphatic hydroxyl groups is 1. The summed E-state index contributed by atoms with van der Waals surface area (Å²) in [5, 5.41) is 13.5. The zero-order valence-electron chi connectivity index (χ0n) is 9.72. The third-order valence-electron chi connectivity index (χ3n) is 2.50. The van der Waals surface area contributed by atoms with Crippen LogP contribution in [0, 0.1) is 12.8 Å². The topological polar surface area (TPSA) is 64.1 Å². The van der Waals surface area contributed by atoms with E-state index >= 15 is 0 Å². The molecule has 0 saturated carbocycles. The summed E-state index contributed by atoms with van der Waals surface area (Å²) in [6.07, 6.45) is 4.59. The van der Waals surface area contributed by atoms with Crippen LogP contribution in [0.4, 0.5) is 0 Å². The van der Waals surface area contributed by atoms with Gasteiger partial charge in [0.25, 0.3) is 0 Å². The van der Waals surface area contributed by atoms with Crippen LogP contribution < -0.4 is 5.73 Å². The molecule has 0 fully saturated rings. The highest BCUT2D eigenvalue weighted by Crippen LogP contribution is 2.16. The number of aryl methyl sites for hydroxylation is 1. The second kappa shape index (κ2) is 5.28. The fourth-order valence-corrected chi connectivity index (χ4v) is 1.73. The number of rotatable bonds is 5. The monoisotopic (exact) mass is 211 g/mol. The Morgan fingerprint density at radius 3 is 2.60 bits per heavy atom. The van der Waals surface area contributed by atoms with Gasteiger partial charge in [0.2, 0.25) is 0 Å². The first kappa shape index (κ1) is 12.2. The zero-order chi connectivity index (χ0) is 11.4. The van der Waals surface area contributed by atoms with Gasteiger partial charge in [-0.3, -0.25) is 4.68 Å². The summed E-state index contributed by atoms with van der Waals surface area (Å²) in [4.78, 5) is 0.